The molecular formula is C12H13BN4O2S. The zero-order valence-electron chi connectivity index (χ0n) is 10.7. The lowest BCUT2D eigenvalue weighted by molar-refractivity contribution is -0.125. The first kappa shape index (κ1) is 13.2. The maximum absolute atomic E-state index is 11.7. The quantitative estimate of drug-likeness (QED) is 0.561. The highest BCUT2D eigenvalue weighted by Crippen LogP contribution is 2.46. The van der Waals surface area contributed by atoms with Gasteiger partial charge in [0.25, 0.3) is 0 Å². The summed E-state index contributed by atoms with van der Waals surface area (Å²) in [7, 11) is 5.19. The van der Waals surface area contributed by atoms with Crippen LogP contribution in [0.5, 0.6) is 5.75 Å². The van der Waals surface area contributed by atoms with Gasteiger partial charge in [-0.1, -0.05) is 6.07 Å². The summed E-state index contributed by atoms with van der Waals surface area (Å²) in [4.78, 5) is 11.7. The van der Waals surface area contributed by atoms with Crippen molar-refractivity contribution in [3.63, 3.8) is 0 Å². The van der Waals surface area contributed by atoms with Gasteiger partial charge >= 0.3 is 0 Å². The summed E-state index contributed by atoms with van der Waals surface area (Å²) < 4.78 is 12.9. The zero-order valence-corrected chi connectivity index (χ0v) is 11.5. The number of ether oxygens (including phenoxy) is 1. The normalized spacial score (nSPS) is 18.3. The Labute approximate surface area is 122 Å². The third kappa shape index (κ3) is 2.20. The number of rotatable bonds is 4. The van der Waals surface area contributed by atoms with Crippen molar-refractivity contribution in [3.8, 4) is 5.75 Å². The molecule has 0 atom stereocenters. The Bertz CT molecular complexity index is 589. The first-order valence-corrected chi connectivity index (χ1v) is 6.96. The molecule has 0 aromatic heterocycles. The molecule has 3 rings (SSSR count). The first-order chi connectivity index (χ1) is 9.66. The van der Waals surface area contributed by atoms with Crippen LogP contribution < -0.4 is 20.4 Å². The van der Waals surface area contributed by atoms with E-state index in [-0.39, 0.29) is 12.5 Å². The number of hydrogen-bond acceptors (Lipinski definition) is 6. The second-order valence-electron chi connectivity index (χ2n) is 4.89. The lowest BCUT2D eigenvalue weighted by Crippen LogP contribution is -2.34. The lowest BCUT2D eigenvalue weighted by atomic mass is 10.1. The molecule has 1 aromatic carbocycles. The Kier molecular flexibility index (Phi) is 3.25. The Morgan fingerprint density at radius 3 is 3.10 bits per heavy atom. The predicted octanol–water partition coefficient (Wildman–Crippen LogP) is 0.739. The molecule has 0 unspecified atom stereocenters. The van der Waals surface area contributed by atoms with Crippen molar-refractivity contribution in [2.45, 2.75) is 12.8 Å². The maximum atomic E-state index is 11.7. The van der Waals surface area contributed by atoms with E-state index in [1.165, 1.54) is 12.1 Å². The molecule has 0 bridgehead atoms. The van der Waals surface area contributed by atoms with Crippen LogP contribution in [0.15, 0.2) is 22.6 Å². The van der Waals surface area contributed by atoms with E-state index < -0.39 is 5.41 Å². The number of anilines is 1. The minimum atomic E-state index is -0.500. The van der Waals surface area contributed by atoms with E-state index in [1.807, 2.05) is 18.2 Å². The minimum absolute atomic E-state index is 0.183. The predicted molar refractivity (Wildman–Crippen MR) is 79.4 cm³/mol. The van der Waals surface area contributed by atoms with Crippen molar-refractivity contribution in [1.29, 1.82) is 0 Å². The number of nitrogens with two attached hydrogens (primary N) is 1. The molecule has 4 N–H and O–H groups in total. The summed E-state index contributed by atoms with van der Waals surface area (Å²) in [6, 6.07) is 5.58. The number of amides is 1. The van der Waals surface area contributed by atoms with Gasteiger partial charge in [0.2, 0.25) is 13.9 Å². The first-order valence-electron chi connectivity index (χ1n) is 6.19. The summed E-state index contributed by atoms with van der Waals surface area (Å²) in [5, 5.41) is 2.19. The number of hydrogen-bond donors (Lipinski definition) is 3. The molecule has 1 aliphatic heterocycles. The number of benzene rings is 1. The van der Waals surface area contributed by atoms with Gasteiger partial charge in [0.15, 0.2) is 0 Å². The van der Waals surface area contributed by atoms with Crippen LogP contribution in [0.2, 0.25) is 0 Å². The van der Waals surface area contributed by atoms with Crippen LogP contribution in [0.3, 0.4) is 0 Å². The van der Waals surface area contributed by atoms with Crippen molar-refractivity contribution in [3.05, 3.63) is 23.8 Å². The fourth-order valence-electron chi connectivity index (χ4n) is 2.12. The van der Waals surface area contributed by atoms with Gasteiger partial charge in [0.05, 0.1) is 28.8 Å². The molecule has 2 radical (unpaired) electrons. The van der Waals surface area contributed by atoms with E-state index >= 15 is 0 Å². The molecule has 1 aromatic rings. The zero-order chi connectivity index (χ0) is 14.2. The van der Waals surface area contributed by atoms with Gasteiger partial charge in [-0.3, -0.25) is 4.79 Å². The number of carbonyl (C=O) groups excluding carboxylic acids is 1. The molecule has 1 heterocycles. The molecule has 0 saturated heterocycles. The molecule has 102 valence electrons. The molecule has 1 saturated carbocycles. The maximum Gasteiger partial charge on any atom is 0.226 e. The highest BCUT2D eigenvalue weighted by molar-refractivity contribution is 7.99. The highest BCUT2D eigenvalue weighted by Gasteiger charge is 2.50. The van der Waals surface area contributed by atoms with Crippen molar-refractivity contribution >= 4 is 37.5 Å². The van der Waals surface area contributed by atoms with Gasteiger partial charge in [-0.2, -0.15) is 4.40 Å². The standard InChI is InChI=1S/C12H13BN4O2S/c13-15-11(18)12(4-5-12)6-19-8-3-1-2-7-9(8)10(14)17-20-16-7/h1-3,16H,4-6H2,(H2,14,17)(H,15,18). The Morgan fingerprint density at radius 1 is 1.60 bits per heavy atom. The van der Waals surface area contributed by atoms with Gasteiger partial charge < -0.3 is 20.4 Å². The molecule has 0 spiro atoms. The smallest absolute Gasteiger partial charge is 0.226 e. The van der Waals surface area contributed by atoms with Gasteiger partial charge in [-0.05, 0) is 25.0 Å². The second-order valence-corrected chi connectivity index (χ2v) is 5.46. The third-order valence-corrected chi connectivity index (χ3v) is 4.15. The molecule has 2 aliphatic rings. The number of nitrogens with one attached hydrogen (secondary N) is 2. The average Bonchev–Trinajstić information content (AvgIpc) is 3.25. The van der Waals surface area contributed by atoms with Crippen LogP contribution in [-0.2, 0) is 4.79 Å². The van der Waals surface area contributed by atoms with E-state index in [0.717, 1.165) is 24.1 Å². The topological polar surface area (TPSA) is 88.7 Å². The Balaban J connectivity index is 1.80. The van der Waals surface area contributed by atoms with E-state index in [1.54, 1.807) is 0 Å². The van der Waals surface area contributed by atoms with Crippen molar-refractivity contribution < 1.29 is 9.53 Å². The number of nitrogens with zero attached hydrogens (tertiary/aromatic N) is 1. The van der Waals surface area contributed by atoms with Crippen LogP contribution >= 0.6 is 12.1 Å². The van der Waals surface area contributed by atoms with Gasteiger partial charge in [0.1, 0.15) is 18.2 Å². The van der Waals surface area contributed by atoms with Crippen LogP contribution in [0.25, 0.3) is 0 Å². The van der Waals surface area contributed by atoms with Crippen molar-refractivity contribution in [1.82, 2.24) is 5.23 Å². The van der Waals surface area contributed by atoms with Crippen molar-refractivity contribution in [2.24, 2.45) is 15.5 Å². The van der Waals surface area contributed by atoms with Gasteiger partial charge in [-0.25, -0.2) is 0 Å². The van der Waals surface area contributed by atoms with Crippen molar-refractivity contribution in [2.75, 3.05) is 11.3 Å². The number of carbonyl (C=O) groups is 1. The van der Waals surface area contributed by atoms with E-state index in [2.05, 4.69) is 14.3 Å². The Morgan fingerprint density at radius 2 is 2.40 bits per heavy atom. The average molecular weight is 288 g/mol. The molecule has 1 amide bonds. The highest BCUT2D eigenvalue weighted by atomic mass is 32.2. The molecule has 20 heavy (non-hydrogen) atoms. The monoisotopic (exact) mass is 288 g/mol. The number of fused-ring (bicyclic) bond motifs is 1. The largest absolute Gasteiger partial charge is 0.492 e. The molecule has 8 heteroatoms. The van der Waals surface area contributed by atoms with Gasteiger partial charge in [-0.15, -0.1) is 0 Å². The third-order valence-electron chi connectivity index (χ3n) is 3.55. The van der Waals surface area contributed by atoms with Crippen LogP contribution in [0.4, 0.5) is 5.69 Å². The summed E-state index contributed by atoms with van der Waals surface area (Å²) in [6.07, 6.45) is 1.56. The fraction of sp³-hybridized carbons (Fsp3) is 0.333. The van der Waals surface area contributed by atoms with Crippen LogP contribution in [0.1, 0.15) is 18.4 Å². The summed E-state index contributed by atoms with van der Waals surface area (Å²) >= 11 is 1.18. The summed E-state index contributed by atoms with van der Waals surface area (Å²) in [5.74, 6) is 0.845. The van der Waals surface area contributed by atoms with E-state index in [4.69, 9.17) is 18.5 Å². The lowest BCUT2D eigenvalue weighted by Gasteiger charge is -2.20. The summed E-state index contributed by atoms with van der Waals surface area (Å²) in [6.45, 7) is 0.285. The van der Waals surface area contributed by atoms with E-state index in [9.17, 15) is 4.79 Å². The summed E-state index contributed by atoms with van der Waals surface area (Å²) in [5.41, 5.74) is 6.98. The SMILES string of the molecule is [B]NC(=O)C1(COc2cccc3c2C(N)=NSN3)CC1. The van der Waals surface area contributed by atoms with Crippen LogP contribution in [-0.4, -0.2) is 26.3 Å². The minimum Gasteiger partial charge on any atom is -0.492 e. The fourth-order valence-corrected chi connectivity index (χ4v) is 2.63. The second kappa shape index (κ2) is 4.94. The number of amidine groups is 1. The molecular weight excluding hydrogens is 275 g/mol. The molecule has 6 nitrogen and oxygen atoms in total. The van der Waals surface area contributed by atoms with Gasteiger partial charge in [0, 0.05) is 0 Å². The van der Waals surface area contributed by atoms with E-state index in [0.29, 0.717) is 11.6 Å². The molecule has 1 aliphatic carbocycles. The Hall–Kier alpha value is -1.83. The van der Waals surface area contributed by atoms with Crippen LogP contribution in [0, 0.1) is 5.41 Å². The molecule has 1 fully saturated rings.